The quantitative estimate of drug-likeness (QED) is 0.325. The van der Waals surface area contributed by atoms with Gasteiger partial charge in [-0.2, -0.15) is 13.2 Å². The van der Waals surface area contributed by atoms with Gasteiger partial charge >= 0.3 is 6.18 Å². The number of fused-ring (bicyclic) bond motifs is 1. The summed E-state index contributed by atoms with van der Waals surface area (Å²) in [5.74, 6) is -0.404. The van der Waals surface area contributed by atoms with Crippen molar-refractivity contribution in [1.29, 1.82) is 0 Å². The number of alkyl halides is 4. The zero-order valence-corrected chi connectivity index (χ0v) is 22.4. The summed E-state index contributed by atoms with van der Waals surface area (Å²) in [6.45, 7) is 0. The van der Waals surface area contributed by atoms with Crippen molar-refractivity contribution < 1.29 is 27.1 Å². The smallest absolute Gasteiger partial charge is 0.388 e. The number of benzene rings is 2. The number of hydrogen-bond acceptors (Lipinski definition) is 2. The average Bonchev–Trinajstić information content (AvgIpc) is 3.47. The van der Waals surface area contributed by atoms with Crippen LogP contribution in [0.1, 0.15) is 116 Å². The summed E-state index contributed by atoms with van der Waals surface area (Å²) in [6, 6.07) is 10.0. The lowest BCUT2D eigenvalue weighted by Crippen LogP contribution is -2.35. The van der Waals surface area contributed by atoms with Crippen LogP contribution < -0.4 is 0 Å². The zero-order chi connectivity index (χ0) is 28.1. The van der Waals surface area contributed by atoms with E-state index in [2.05, 4.69) is 0 Å². The highest BCUT2D eigenvalue weighted by Gasteiger charge is 2.43. The third kappa shape index (κ3) is 5.06. The molecule has 1 aromatic heterocycles. The van der Waals surface area contributed by atoms with E-state index in [0.29, 0.717) is 40.8 Å². The number of halogens is 5. The van der Waals surface area contributed by atoms with Gasteiger partial charge < -0.3 is 5.11 Å². The highest BCUT2D eigenvalue weighted by Crippen LogP contribution is 2.54. The first-order valence-electron chi connectivity index (χ1n) is 14.5. The molecular formula is C33H34F5NO. The fraction of sp³-hybridized carbons (Fsp3) is 0.485. The maximum atomic E-state index is 16.8. The molecule has 1 N–H and O–H groups in total. The second-order valence-electron chi connectivity index (χ2n) is 12.1. The molecule has 0 bridgehead atoms. The monoisotopic (exact) mass is 555 g/mol. The predicted octanol–water partition coefficient (Wildman–Crippen LogP) is 9.55. The normalized spacial score (nSPS) is 21.9. The molecule has 3 aromatic rings. The van der Waals surface area contributed by atoms with E-state index in [-0.39, 0.29) is 16.9 Å². The predicted molar refractivity (Wildman–Crippen MR) is 144 cm³/mol. The van der Waals surface area contributed by atoms with Crippen molar-refractivity contribution >= 4 is 0 Å². The van der Waals surface area contributed by atoms with E-state index in [1.807, 2.05) is 0 Å². The van der Waals surface area contributed by atoms with E-state index in [1.165, 1.54) is 30.7 Å². The Kier molecular flexibility index (Phi) is 7.22. The lowest BCUT2D eigenvalue weighted by molar-refractivity contribution is -0.137. The van der Waals surface area contributed by atoms with E-state index in [9.17, 15) is 22.7 Å². The molecule has 1 heterocycles. The van der Waals surface area contributed by atoms with E-state index in [1.54, 1.807) is 12.1 Å². The molecule has 2 aromatic carbocycles. The van der Waals surface area contributed by atoms with Crippen molar-refractivity contribution in [2.45, 2.75) is 95.0 Å². The first kappa shape index (κ1) is 27.4. The molecule has 0 saturated heterocycles. The standard InChI is InChI=1S/C33H34F5NO/c34-24-14-10-20(11-15-24)27-28-25(18-32(19-26(28)40)16-4-1-5-17-32)39-31(22-6-2-3-7-22)29(27)30(35)21-8-12-23(13-9-21)33(36,37)38/h8-15,22,26,30,40H,1-7,16-19H2. The minimum atomic E-state index is -4.52. The fourth-order valence-corrected chi connectivity index (χ4v) is 7.50. The molecule has 6 rings (SSSR count). The summed E-state index contributed by atoms with van der Waals surface area (Å²) in [4.78, 5) is 5.15. The van der Waals surface area contributed by atoms with Gasteiger partial charge in [0.25, 0.3) is 0 Å². The fourth-order valence-electron chi connectivity index (χ4n) is 7.50. The number of nitrogens with zero attached hydrogens (tertiary/aromatic N) is 1. The minimum absolute atomic E-state index is 0.0218. The van der Waals surface area contributed by atoms with Crippen molar-refractivity contribution in [1.82, 2.24) is 4.98 Å². The molecule has 2 atom stereocenters. The van der Waals surface area contributed by atoms with Crippen LogP contribution in [0, 0.1) is 11.2 Å². The van der Waals surface area contributed by atoms with Crippen molar-refractivity contribution in [2.24, 2.45) is 5.41 Å². The number of pyridine rings is 1. The second-order valence-corrected chi connectivity index (χ2v) is 12.1. The van der Waals surface area contributed by atoms with E-state index in [0.717, 1.165) is 69.2 Å². The van der Waals surface area contributed by atoms with Crippen LogP contribution in [0.5, 0.6) is 0 Å². The molecule has 40 heavy (non-hydrogen) atoms. The van der Waals surface area contributed by atoms with Crippen molar-refractivity contribution in [3.05, 3.63) is 88.0 Å². The van der Waals surface area contributed by atoms with Crippen LogP contribution in [0.15, 0.2) is 48.5 Å². The zero-order valence-electron chi connectivity index (χ0n) is 22.4. The Morgan fingerprint density at radius 3 is 2.15 bits per heavy atom. The second kappa shape index (κ2) is 10.6. The molecular weight excluding hydrogens is 521 g/mol. The summed E-state index contributed by atoms with van der Waals surface area (Å²) in [6.07, 6.45) is 3.30. The maximum Gasteiger partial charge on any atom is 0.416 e. The highest BCUT2D eigenvalue weighted by atomic mass is 19.4. The Balaban J connectivity index is 1.57. The first-order chi connectivity index (χ1) is 19.2. The lowest BCUT2D eigenvalue weighted by atomic mass is 9.63. The van der Waals surface area contributed by atoms with Crippen LogP contribution in [-0.2, 0) is 12.6 Å². The molecule has 2 nitrogen and oxygen atoms in total. The van der Waals surface area contributed by atoms with Gasteiger partial charge in [-0.15, -0.1) is 0 Å². The average molecular weight is 556 g/mol. The van der Waals surface area contributed by atoms with Gasteiger partial charge in [-0.1, -0.05) is 56.4 Å². The van der Waals surface area contributed by atoms with Crippen molar-refractivity contribution in [3.63, 3.8) is 0 Å². The number of aliphatic hydroxyl groups is 1. The maximum absolute atomic E-state index is 16.8. The van der Waals surface area contributed by atoms with Gasteiger partial charge in [0, 0.05) is 22.7 Å². The molecule has 0 aliphatic heterocycles. The molecule has 212 valence electrons. The topological polar surface area (TPSA) is 33.1 Å². The van der Waals surface area contributed by atoms with Gasteiger partial charge in [0.2, 0.25) is 0 Å². The largest absolute Gasteiger partial charge is 0.416 e. The Morgan fingerprint density at radius 2 is 1.52 bits per heavy atom. The summed E-state index contributed by atoms with van der Waals surface area (Å²) >= 11 is 0. The molecule has 3 aliphatic carbocycles. The molecule has 3 aliphatic rings. The highest BCUT2D eigenvalue weighted by molar-refractivity contribution is 5.75. The van der Waals surface area contributed by atoms with E-state index < -0.39 is 29.8 Å². The van der Waals surface area contributed by atoms with E-state index >= 15 is 4.39 Å². The summed E-state index contributed by atoms with van der Waals surface area (Å²) in [7, 11) is 0. The molecule has 7 heteroatoms. The number of hydrogen-bond donors (Lipinski definition) is 1. The third-order valence-electron chi connectivity index (χ3n) is 9.46. The minimum Gasteiger partial charge on any atom is -0.388 e. The lowest BCUT2D eigenvalue weighted by Gasteiger charge is -2.44. The van der Waals surface area contributed by atoms with Gasteiger partial charge in [-0.3, -0.25) is 4.98 Å². The van der Waals surface area contributed by atoms with Crippen LogP contribution in [-0.4, -0.2) is 10.1 Å². The van der Waals surface area contributed by atoms with Gasteiger partial charge in [0.05, 0.1) is 17.4 Å². The SMILES string of the molecule is OC1CC2(CCCCC2)Cc2nc(C3CCCC3)c(C(F)c3ccc(C(F)(F)F)cc3)c(-c3ccc(F)cc3)c21. The van der Waals surface area contributed by atoms with Crippen molar-refractivity contribution in [3.8, 4) is 11.1 Å². The molecule has 0 amide bonds. The molecule has 1 spiro atoms. The Bertz CT molecular complexity index is 1350. The Morgan fingerprint density at radius 1 is 0.875 bits per heavy atom. The molecule has 2 fully saturated rings. The van der Waals surface area contributed by atoms with E-state index in [4.69, 9.17) is 4.98 Å². The van der Waals surface area contributed by atoms with Crippen LogP contribution >= 0.6 is 0 Å². The van der Waals surface area contributed by atoms with Crippen LogP contribution in [0.2, 0.25) is 0 Å². The Hall–Kier alpha value is -2.80. The number of aliphatic hydroxyl groups excluding tert-OH is 1. The van der Waals surface area contributed by atoms with Crippen LogP contribution in [0.4, 0.5) is 22.0 Å². The van der Waals surface area contributed by atoms with Crippen LogP contribution in [0.25, 0.3) is 11.1 Å². The third-order valence-corrected chi connectivity index (χ3v) is 9.46. The summed E-state index contributed by atoms with van der Waals surface area (Å²) < 4.78 is 70.6. The first-order valence-corrected chi connectivity index (χ1v) is 14.5. The van der Waals surface area contributed by atoms with Gasteiger partial charge in [0.1, 0.15) is 5.82 Å². The van der Waals surface area contributed by atoms with Crippen molar-refractivity contribution in [2.75, 3.05) is 0 Å². The molecule has 2 saturated carbocycles. The number of rotatable bonds is 4. The van der Waals surface area contributed by atoms with Crippen LogP contribution in [0.3, 0.4) is 0 Å². The number of aromatic nitrogens is 1. The Labute approximate surface area is 231 Å². The summed E-state index contributed by atoms with van der Waals surface area (Å²) in [5, 5.41) is 11.7. The van der Waals surface area contributed by atoms with Gasteiger partial charge in [-0.25, -0.2) is 8.78 Å². The summed E-state index contributed by atoms with van der Waals surface area (Å²) in [5.41, 5.74) is 2.67. The van der Waals surface area contributed by atoms with Gasteiger partial charge in [0.15, 0.2) is 6.17 Å². The molecule has 0 radical (unpaired) electrons. The molecule has 2 unspecified atom stereocenters. The van der Waals surface area contributed by atoms with Gasteiger partial charge in [-0.05, 0) is 84.9 Å².